The summed E-state index contributed by atoms with van der Waals surface area (Å²) in [5.41, 5.74) is 0. The predicted octanol–water partition coefficient (Wildman–Crippen LogP) is 2.26. The molecule has 0 aromatic heterocycles. The summed E-state index contributed by atoms with van der Waals surface area (Å²) in [5.74, 6) is 0. The Kier molecular flexibility index (Phi) is 3.90. The molecule has 1 atom stereocenters. The third-order valence-electron chi connectivity index (χ3n) is 1.46. The average Bonchev–Trinajstić information content (AvgIpc) is 1.81. The van der Waals surface area contributed by atoms with Crippen LogP contribution in [0.2, 0.25) is 25.7 Å². The molecule has 1 nitrogen and oxygen atoms in total. The SMILES string of the molecule is C=CC(O)CC[Si](C)(C)C. The molecule has 0 aromatic rings. The summed E-state index contributed by atoms with van der Waals surface area (Å²) in [7, 11) is -0.944. The van der Waals surface area contributed by atoms with Crippen LogP contribution in [0.5, 0.6) is 0 Å². The minimum Gasteiger partial charge on any atom is -0.389 e. The Bertz CT molecular complexity index is 104. The van der Waals surface area contributed by atoms with Crippen molar-refractivity contribution in [3.05, 3.63) is 12.7 Å². The van der Waals surface area contributed by atoms with Crippen LogP contribution in [0, 0.1) is 0 Å². The maximum absolute atomic E-state index is 9.13. The molecule has 0 amide bonds. The lowest BCUT2D eigenvalue weighted by Gasteiger charge is -2.16. The minimum atomic E-state index is -0.944. The molecule has 0 aromatic carbocycles. The molecule has 0 saturated carbocycles. The number of hydrogen-bond acceptors (Lipinski definition) is 1. The molecule has 1 N–H and O–H groups in total. The summed E-state index contributed by atoms with van der Waals surface area (Å²) >= 11 is 0. The summed E-state index contributed by atoms with van der Waals surface area (Å²) in [6.45, 7) is 10.5. The van der Waals surface area contributed by atoms with Crippen molar-refractivity contribution in [3.63, 3.8) is 0 Å². The van der Waals surface area contributed by atoms with E-state index in [1.165, 1.54) is 6.04 Å². The molecule has 0 radical (unpaired) electrons. The van der Waals surface area contributed by atoms with Crippen LogP contribution < -0.4 is 0 Å². The molecule has 0 heterocycles. The summed E-state index contributed by atoms with van der Waals surface area (Å²) in [4.78, 5) is 0. The largest absolute Gasteiger partial charge is 0.389 e. The van der Waals surface area contributed by atoms with Crippen molar-refractivity contribution in [2.45, 2.75) is 38.2 Å². The summed E-state index contributed by atoms with van der Waals surface area (Å²) in [6.07, 6.45) is 2.21. The van der Waals surface area contributed by atoms with Gasteiger partial charge < -0.3 is 5.11 Å². The van der Waals surface area contributed by atoms with Crippen molar-refractivity contribution >= 4 is 8.07 Å². The molecule has 0 aliphatic rings. The molecule has 0 fully saturated rings. The topological polar surface area (TPSA) is 20.2 Å². The number of aliphatic hydroxyl groups is 1. The molecule has 0 saturated heterocycles. The highest BCUT2D eigenvalue weighted by Crippen LogP contribution is 2.12. The highest BCUT2D eigenvalue weighted by Gasteiger charge is 2.13. The van der Waals surface area contributed by atoms with E-state index in [1.807, 2.05) is 0 Å². The second-order valence-electron chi connectivity index (χ2n) is 3.90. The number of rotatable bonds is 4. The van der Waals surface area contributed by atoms with E-state index in [0.717, 1.165) is 6.42 Å². The fourth-order valence-corrected chi connectivity index (χ4v) is 1.86. The third-order valence-corrected chi connectivity index (χ3v) is 3.25. The van der Waals surface area contributed by atoms with Gasteiger partial charge in [-0.15, -0.1) is 6.58 Å². The Morgan fingerprint density at radius 3 is 2.30 bits per heavy atom. The zero-order valence-electron chi connectivity index (χ0n) is 7.22. The van der Waals surface area contributed by atoms with E-state index in [9.17, 15) is 0 Å². The highest BCUT2D eigenvalue weighted by atomic mass is 28.3. The van der Waals surface area contributed by atoms with Gasteiger partial charge in [-0.2, -0.15) is 0 Å². The van der Waals surface area contributed by atoms with Crippen molar-refractivity contribution in [3.8, 4) is 0 Å². The molecule has 0 aliphatic heterocycles. The normalized spacial score (nSPS) is 14.8. The van der Waals surface area contributed by atoms with Gasteiger partial charge in [-0.1, -0.05) is 31.8 Å². The number of aliphatic hydroxyl groups excluding tert-OH is 1. The van der Waals surface area contributed by atoms with Gasteiger partial charge in [0.1, 0.15) is 0 Å². The maximum Gasteiger partial charge on any atom is 0.0715 e. The predicted molar refractivity (Wildman–Crippen MR) is 49.0 cm³/mol. The molecule has 2 heteroatoms. The van der Waals surface area contributed by atoms with E-state index in [0.29, 0.717) is 0 Å². The highest BCUT2D eigenvalue weighted by molar-refractivity contribution is 6.76. The van der Waals surface area contributed by atoms with Crippen molar-refractivity contribution in [1.82, 2.24) is 0 Å². The van der Waals surface area contributed by atoms with Crippen molar-refractivity contribution in [2.75, 3.05) is 0 Å². The molecule has 0 bridgehead atoms. The molecule has 0 aliphatic carbocycles. The van der Waals surface area contributed by atoms with Gasteiger partial charge >= 0.3 is 0 Å². The first kappa shape index (κ1) is 9.92. The molecule has 1 unspecified atom stereocenters. The van der Waals surface area contributed by atoms with Crippen LogP contribution in [0.3, 0.4) is 0 Å². The van der Waals surface area contributed by atoms with Crippen LogP contribution in [-0.4, -0.2) is 19.3 Å². The zero-order valence-corrected chi connectivity index (χ0v) is 8.22. The molecule has 60 valence electrons. The summed E-state index contributed by atoms with van der Waals surface area (Å²) in [5, 5.41) is 9.13. The molecular weight excluding hydrogens is 140 g/mol. The van der Waals surface area contributed by atoms with Gasteiger partial charge in [-0.05, 0) is 6.42 Å². The molecule has 0 rings (SSSR count). The van der Waals surface area contributed by atoms with Crippen LogP contribution in [0.4, 0.5) is 0 Å². The monoisotopic (exact) mass is 158 g/mol. The van der Waals surface area contributed by atoms with E-state index in [4.69, 9.17) is 5.11 Å². The van der Waals surface area contributed by atoms with Crippen molar-refractivity contribution < 1.29 is 5.11 Å². The molecule has 0 spiro atoms. The lowest BCUT2D eigenvalue weighted by atomic mass is 10.3. The van der Waals surface area contributed by atoms with Crippen molar-refractivity contribution in [1.29, 1.82) is 0 Å². The van der Waals surface area contributed by atoms with Gasteiger partial charge in [0.05, 0.1) is 6.10 Å². The fraction of sp³-hybridized carbons (Fsp3) is 0.750. The second kappa shape index (κ2) is 3.94. The standard InChI is InChI=1S/C8H18OSi/c1-5-8(9)6-7-10(2,3)4/h5,8-9H,1,6-7H2,2-4H3. The first-order valence-electron chi connectivity index (χ1n) is 3.76. The van der Waals surface area contributed by atoms with Gasteiger partial charge in [0.15, 0.2) is 0 Å². The van der Waals surface area contributed by atoms with E-state index < -0.39 is 8.07 Å². The zero-order chi connectivity index (χ0) is 8.20. The average molecular weight is 158 g/mol. The van der Waals surface area contributed by atoms with Gasteiger partial charge in [0, 0.05) is 8.07 Å². The Labute approximate surface area is 64.8 Å². The minimum absolute atomic E-state index is 0.285. The van der Waals surface area contributed by atoms with Crippen LogP contribution in [0.25, 0.3) is 0 Å². The van der Waals surface area contributed by atoms with E-state index >= 15 is 0 Å². The third kappa shape index (κ3) is 6.04. The first-order valence-corrected chi connectivity index (χ1v) is 7.47. The molecule has 10 heavy (non-hydrogen) atoms. The smallest absolute Gasteiger partial charge is 0.0715 e. The number of hydrogen-bond donors (Lipinski definition) is 1. The summed E-state index contributed by atoms with van der Waals surface area (Å²) in [6, 6.07) is 1.18. The maximum atomic E-state index is 9.13. The van der Waals surface area contributed by atoms with Gasteiger partial charge in [0.2, 0.25) is 0 Å². The lowest BCUT2D eigenvalue weighted by Crippen LogP contribution is -2.21. The van der Waals surface area contributed by atoms with Crippen LogP contribution in [0.1, 0.15) is 6.42 Å². The Hall–Kier alpha value is -0.0831. The van der Waals surface area contributed by atoms with E-state index in [-0.39, 0.29) is 6.10 Å². The Morgan fingerprint density at radius 1 is 1.50 bits per heavy atom. The van der Waals surface area contributed by atoms with Gasteiger partial charge in [-0.3, -0.25) is 0 Å². The van der Waals surface area contributed by atoms with Gasteiger partial charge in [0.25, 0.3) is 0 Å². The van der Waals surface area contributed by atoms with Crippen LogP contribution in [-0.2, 0) is 0 Å². The molecular formula is C8H18OSi. The second-order valence-corrected chi connectivity index (χ2v) is 9.52. The first-order chi connectivity index (χ1) is 4.45. The van der Waals surface area contributed by atoms with E-state index in [1.54, 1.807) is 6.08 Å². The van der Waals surface area contributed by atoms with E-state index in [2.05, 4.69) is 26.2 Å². The van der Waals surface area contributed by atoms with Crippen LogP contribution in [0.15, 0.2) is 12.7 Å². The quantitative estimate of drug-likeness (QED) is 0.491. The van der Waals surface area contributed by atoms with Crippen LogP contribution >= 0.6 is 0 Å². The lowest BCUT2D eigenvalue weighted by molar-refractivity contribution is 0.219. The Morgan fingerprint density at radius 2 is 2.00 bits per heavy atom. The fourth-order valence-electron chi connectivity index (χ4n) is 0.699. The summed E-state index contributed by atoms with van der Waals surface area (Å²) < 4.78 is 0. The van der Waals surface area contributed by atoms with Gasteiger partial charge in [-0.25, -0.2) is 0 Å². The Balaban J connectivity index is 3.45. The van der Waals surface area contributed by atoms with Crippen molar-refractivity contribution in [2.24, 2.45) is 0 Å².